The fraction of sp³-hybridized carbons (Fsp3) is 0.632. The number of nitrogens with zero attached hydrogens (tertiary/aromatic N) is 1. The van der Waals surface area contributed by atoms with Crippen LogP contribution in [0.15, 0.2) is 24.3 Å². The molecule has 1 amide bonds. The highest BCUT2D eigenvalue weighted by molar-refractivity contribution is 5.65. The second kappa shape index (κ2) is 7.82. The van der Waals surface area contributed by atoms with Crippen molar-refractivity contribution in [2.75, 3.05) is 19.6 Å². The van der Waals surface area contributed by atoms with E-state index < -0.39 is 11.7 Å². The standard InChI is InChI=1S/C19H30N2O2/c1-15-4-6-16(7-5-15)8-11-21-12-9-17(10-13-21)14-19(2,3)23-18(20)22/h4-7,17H,8-14H2,1-3H3,(H2,20,22). The molecule has 0 radical (unpaired) electrons. The second-order valence-electron chi connectivity index (χ2n) is 7.41. The molecule has 1 heterocycles. The molecule has 1 aliphatic heterocycles. The molecular weight excluding hydrogens is 288 g/mol. The normalized spacial score (nSPS) is 17.2. The maximum atomic E-state index is 10.9. The number of rotatable bonds is 6. The van der Waals surface area contributed by atoms with Crippen molar-refractivity contribution < 1.29 is 9.53 Å². The Hall–Kier alpha value is -1.55. The van der Waals surface area contributed by atoms with Gasteiger partial charge in [-0.2, -0.15) is 0 Å². The van der Waals surface area contributed by atoms with Crippen molar-refractivity contribution in [2.45, 2.75) is 52.1 Å². The van der Waals surface area contributed by atoms with Gasteiger partial charge in [-0.3, -0.25) is 0 Å². The van der Waals surface area contributed by atoms with Crippen molar-refractivity contribution in [3.63, 3.8) is 0 Å². The number of amides is 1. The summed E-state index contributed by atoms with van der Waals surface area (Å²) in [5, 5.41) is 0. The number of aryl methyl sites for hydroxylation is 1. The van der Waals surface area contributed by atoms with E-state index in [0.29, 0.717) is 5.92 Å². The number of nitrogens with two attached hydrogens (primary N) is 1. The van der Waals surface area contributed by atoms with Gasteiger partial charge in [0.2, 0.25) is 0 Å². The van der Waals surface area contributed by atoms with Crippen LogP contribution in [-0.4, -0.2) is 36.2 Å². The Morgan fingerprint density at radius 2 is 1.87 bits per heavy atom. The first-order valence-electron chi connectivity index (χ1n) is 8.60. The van der Waals surface area contributed by atoms with Gasteiger partial charge in [-0.05, 0) is 71.0 Å². The lowest BCUT2D eigenvalue weighted by Crippen LogP contribution is -2.39. The van der Waals surface area contributed by atoms with E-state index in [0.717, 1.165) is 32.5 Å². The minimum Gasteiger partial charge on any atom is -0.444 e. The number of carbonyl (C=O) groups excluding carboxylic acids is 1. The third kappa shape index (κ3) is 6.22. The Kier molecular flexibility index (Phi) is 6.05. The van der Waals surface area contributed by atoms with E-state index >= 15 is 0 Å². The highest BCUT2D eigenvalue weighted by atomic mass is 16.6. The number of piperidine rings is 1. The number of likely N-dealkylation sites (tertiary alicyclic amines) is 1. The SMILES string of the molecule is Cc1ccc(CCN2CCC(CC(C)(C)OC(N)=O)CC2)cc1. The maximum absolute atomic E-state index is 10.9. The van der Waals surface area contributed by atoms with E-state index in [2.05, 4.69) is 36.1 Å². The highest BCUT2D eigenvalue weighted by Gasteiger charge is 2.28. The monoisotopic (exact) mass is 318 g/mol. The van der Waals surface area contributed by atoms with Crippen LogP contribution in [0.4, 0.5) is 4.79 Å². The number of ether oxygens (including phenoxy) is 1. The summed E-state index contributed by atoms with van der Waals surface area (Å²) in [5.74, 6) is 0.611. The smallest absolute Gasteiger partial charge is 0.405 e. The van der Waals surface area contributed by atoms with Crippen LogP contribution in [-0.2, 0) is 11.2 Å². The molecule has 0 aromatic heterocycles. The molecule has 1 aliphatic rings. The predicted octanol–water partition coefficient (Wildman–Crippen LogP) is 3.51. The Bertz CT molecular complexity index is 503. The molecule has 0 atom stereocenters. The van der Waals surface area contributed by atoms with Gasteiger partial charge < -0.3 is 15.4 Å². The summed E-state index contributed by atoms with van der Waals surface area (Å²) >= 11 is 0. The number of carbonyl (C=O) groups is 1. The van der Waals surface area contributed by atoms with Gasteiger partial charge >= 0.3 is 6.09 Å². The molecule has 128 valence electrons. The largest absolute Gasteiger partial charge is 0.444 e. The summed E-state index contributed by atoms with van der Waals surface area (Å²) < 4.78 is 5.21. The zero-order valence-electron chi connectivity index (χ0n) is 14.7. The molecule has 23 heavy (non-hydrogen) atoms. The van der Waals surface area contributed by atoms with E-state index in [4.69, 9.17) is 10.5 Å². The maximum Gasteiger partial charge on any atom is 0.405 e. The topological polar surface area (TPSA) is 55.6 Å². The molecule has 0 saturated carbocycles. The quantitative estimate of drug-likeness (QED) is 0.873. The molecular formula is C19H30N2O2. The molecule has 0 spiro atoms. The molecule has 1 aromatic carbocycles. The van der Waals surface area contributed by atoms with Crippen LogP contribution >= 0.6 is 0 Å². The predicted molar refractivity (Wildman–Crippen MR) is 93.4 cm³/mol. The van der Waals surface area contributed by atoms with Crippen molar-refractivity contribution >= 4 is 6.09 Å². The number of benzene rings is 1. The first-order chi connectivity index (χ1) is 10.8. The fourth-order valence-corrected chi connectivity index (χ4v) is 3.47. The summed E-state index contributed by atoms with van der Waals surface area (Å²) in [6.07, 6.45) is 3.66. The van der Waals surface area contributed by atoms with Gasteiger partial charge in [-0.25, -0.2) is 4.79 Å². The number of hydrogen-bond donors (Lipinski definition) is 1. The van der Waals surface area contributed by atoms with E-state index in [1.165, 1.54) is 24.0 Å². The van der Waals surface area contributed by atoms with Gasteiger partial charge in [-0.1, -0.05) is 29.8 Å². The molecule has 1 fully saturated rings. The van der Waals surface area contributed by atoms with Crippen molar-refractivity contribution in [1.29, 1.82) is 0 Å². The number of primary amides is 1. The Morgan fingerprint density at radius 3 is 2.43 bits per heavy atom. The average molecular weight is 318 g/mol. The lowest BCUT2D eigenvalue weighted by Gasteiger charge is -2.35. The van der Waals surface area contributed by atoms with Crippen molar-refractivity contribution in [3.8, 4) is 0 Å². The molecule has 2 N–H and O–H groups in total. The Labute approximate surface area is 140 Å². The summed E-state index contributed by atoms with van der Waals surface area (Å²) in [6.45, 7) is 9.39. The molecule has 1 saturated heterocycles. The molecule has 2 rings (SSSR count). The first-order valence-corrected chi connectivity index (χ1v) is 8.60. The van der Waals surface area contributed by atoms with Crippen LogP contribution in [0.25, 0.3) is 0 Å². The van der Waals surface area contributed by atoms with Crippen molar-refractivity contribution in [2.24, 2.45) is 11.7 Å². The lowest BCUT2D eigenvalue weighted by atomic mass is 9.86. The van der Waals surface area contributed by atoms with Crippen LogP contribution < -0.4 is 5.73 Å². The fourth-order valence-electron chi connectivity index (χ4n) is 3.47. The van der Waals surface area contributed by atoms with E-state index in [1.807, 2.05) is 13.8 Å². The minimum absolute atomic E-state index is 0.458. The van der Waals surface area contributed by atoms with E-state index in [1.54, 1.807) is 0 Å². The molecule has 0 aliphatic carbocycles. The lowest BCUT2D eigenvalue weighted by molar-refractivity contribution is 0.0172. The molecule has 1 aromatic rings. The molecule has 4 heteroatoms. The van der Waals surface area contributed by atoms with Gasteiger partial charge in [0.05, 0.1) is 0 Å². The first kappa shape index (κ1) is 17.8. The average Bonchev–Trinajstić information content (AvgIpc) is 2.46. The van der Waals surface area contributed by atoms with E-state index in [-0.39, 0.29) is 0 Å². The van der Waals surface area contributed by atoms with Crippen LogP contribution in [0.2, 0.25) is 0 Å². The second-order valence-corrected chi connectivity index (χ2v) is 7.41. The summed E-state index contributed by atoms with van der Waals surface area (Å²) in [4.78, 5) is 13.5. The van der Waals surface area contributed by atoms with Crippen LogP contribution in [0, 0.1) is 12.8 Å². The third-order valence-corrected chi connectivity index (χ3v) is 4.70. The van der Waals surface area contributed by atoms with Crippen LogP contribution in [0.3, 0.4) is 0 Å². The zero-order valence-corrected chi connectivity index (χ0v) is 14.7. The summed E-state index contributed by atoms with van der Waals surface area (Å²) in [6, 6.07) is 8.82. The highest BCUT2D eigenvalue weighted by Crippen LogP contribution is 2.28. The van der Waals surface area contributed by atoms with Crippen LogP contribution in [0.5, 0.6) is 0 Å². The van der Waals surface area contributed by atoms with Crippen LogP contribution in [0.1, 0.15) is 44.2 Å². The van der Waals surface area contributed by atoms with Crippen molar-refractivity contribution in [1.82, 2.24) is 4.90 Å². The molecule has 4 nitrogen and oxygen atoms in total. The Balaban J connectivity index is 1.71. The zero-order chi connectivity index (χ0) is 16.9. The van der Waals surface area contributed by atoms with Gasteiger partial charge in [0.1, 0.15) is 5.60 Å². The number of hydrogen-bond acceptors (Lipinski definition) is 3. The molecule has 0 bridgehead atoms. The van der Waals surface area contributed by atoms with Gasteiger partial charge in [0, 0.05) is 6.54 Å². The van der Waals surface area contributed by atoms with Gasteiger partial charge in [-0.15, -0.1) is 0 Å². The minimum atomic E-state index is -0.675. The van der Waals surface area contributed by atoms with E-state index in [9.17, 15) is 4.79 Å². The van der Waals surface area contributed by atoms with Gasteiger partial charge in [0.25, 0.3) is 0 Å². The molecule has 0 unspecified atom stereocenters. The van der Waals surface area contributed by atoms with Crippen molar-refractivity contribution in [3.05, 3.63) is 35.4 Å². The Morgan fingerprint density at radius 1 is 1.26 bits per heavy atom. The third-order valence-electron chi connectivity index (χ3n) is 4.70. The summed E-state index contributed by atoms with van der Waals surface area (Å²) in [5.41, 5.74) is 7.41. The van der Waals surface area contributed by atoms with Gasteiger partial charge in [0.15, 0.2) is 0 Å². The summed E-state index contributed by atoms with van der Waals surface area (Å²) in [7, 11) is 0.